The van der Waals surface area contributed by atoms with Crippen molar-refractivity contribution >= 4 is 17.5 Å². The smallest absolute Gasteiger partial charge is 0.271 e. The molecule has 1 aliphatic rings. The van der Waals surface area contributed by atoms with Crippen molar-refractivity contribution in [3.05, 3.63) is 42.2 Å². The summed E-state index contributed by atoms with van der Waals surface area (Å²) in [4.78, 5) is 33.1. The lowest BCUT2D eigenvalue weighted by molar-refractivity contribution is 0.0912. The van der Waals surface area contributed by atoms with E-state index in [9.17, 15) is 9.59 Å². The minimum absolute atomic E-state index is 0.00478. The van der Waals surface area contributed by atoms with Crippen molar-refractivity contribution in [1.29, 1.82) is 0 Å². The first-order chi connectivity index (χ1) is 13.0. The molecule has 3 aromatic heterocycles. The van der Waals surface area contributed by atoms with Gasteiger partial charge in [-0.15, -0.1) is 0 Å². The van der Waals surface area contributed by atoms with Gasteiger partial charge in [-0.3, -0.25) is 14.0 Å². The van der Waals surface area contributed by atoms with E-state index in [0.29, 0.717) is 17.1 Å². The highest BCUT2D eigenvalue weighted by atomic mass is 16.3. The fraction of sp³-hybridized carbons (Fsp3) is 0.333. The van der Waals surface area contributed by atoms with Gasteiger partial charge < -0.3 is 20.8 Å². The van der Waals surface area contributed by atoms with Gasteiger partial charge in [0.2, 0.25) is 0 Å². The Morgan fingerprint density at radius 3 is 3.00 bits per heavy atom. The van der Waals surface area contributed by atoms with Gasteiger partial charge in [0.25, 0.3) is 11.8 Å². The summed E-state index contributed by atoms with van der Waals surface area (Å²) in [7, 11) is 0. The van der Waals surface area contributed by atoms with Crippen LogP contribution >= 0.6 is 0 Å². The number of fused-ring (bicyclic) bond motifs is 1. The van der Waals surface area contributed by atoms with Crippen molar-refractivity contribution in [1.82, 2.24) is 25.0 Å². The molecule has 0 aliphatic carbocycles. The van der Waals surface area contributed by atoms with Crippen LogP contribution in [0.2, 0.25) is 0 Å². The maximum absolute atomic E-state index is 13.0. The lowest BCUT2D eigenvalue weighted by Gasteiger charge is -2.30. The van der Waals surface area contributed by atoms with Crippen LogP contribution in [0.4, 0.5) is 0 Å². The van der Waals surface area contributed by atoms with E-state index in [0.717, 1.165) is 19.4 Å². The Morgan fingerprint density at radius 1 is 1.44 bits per heavy atom. The van der Waals surface area contributed by atoms with Crippen molar-refractivity contribution in [2.24, 2.45) is 5.73 Å². The third-order valence-electron chi connectivity index (χ3n) is 4.82. The molecule has 0 radical (unpaired) electrons. The largest absolute Gasteiger partial charge is 0.463 e. The highest BCUT2D eigenvalue weighted by molar-refractivity contribution is 5.99. The summed E-state index contributed by atoms with van der Waals surface area (Å²) >= 11 is 0. The highest BCUT2D eigenvalue weighted by Crippen LogP contribution is 2.22. The number of rotatable bonds is 4. The Labute approximate surface area is 155 Å². The zero-order valence-electron chi connectivity index (χ0n) is 14.8. The van der Waals surface area contributed by atoms with E-state index < -0.39 is 5.91 Å². The van der Waals surface area contributed by atoms with Gasteiger partial charge in [-0.2, -0.15) is 0 Å². The molecule has 4 N–H and O–H groups in total. The van der Waals surface area contributed by atoms with Crippen LogP contribution in [0.5, 0.6) is 0 Å². The number of carbonyl (C=O) groups excluding carboxylic acids is 2. The van der Waals surface area contributed by atoms with Gasteiger partial charge in [0.15, 0.2) is 17.1 Å². The molecule has 4 heterocycles. The van der Waals surface area contributed by atoms with Gasteiger partial charge in [-0.1, -0.05) is 0 Å². The second-order valence-corrected chi connectivity index (χ2v) is 6.62. The number of nitrogens with one attached hydrogen (secondary N) is 2. The molecule has 2 amide bonds. The van der Waals surface area contributed by atoms with E-state index in [1.54, 1.807) is 18.2 Å². The number of imidazole rings is 1. The van der Waals surface area contributed by atoms with E-state index in [-0.39, 0.29) is 29.3 Å². The van der Waals surface area contributed by atoms with Crippen molar-refractivity contribution in [2.75, 3.05) is 6.54 Å². The number of hydrogen-bond acceptors (Lipinski definition) is 6. The second kappa shape index (κ2) is 6.84. The van der Waals surface area contributed by atoms with E-state index >= 15 is 0 Å². The van der Waals surface area contributed by atoms with Gasteiger partial charge in [0, 0.05) is 12.1 Å². The number of piperidine rings is 1. The standard InChI is InChI=1S/C18H20N6O3/c1-10-11(4-2-6-20-10)23-18(26)13-8-12(14-5-3-7-27-14)22-17-15(16(19)25)21-9-24(13)17/h3,5,7-11,20H,2,4,6H2,1H3,(H2,19,25)(H,23,26). The summed E-state index contributed by atoms with van der Waals surface area (Å²) in [5.41, 5.74) is 6.36. The van der Waals surface area contributed by atoms with Crippen LogP contribution in [-0.2, 0) is 0 Å². The summed E-state index contributed by atoms with van der Waals surface area (Å²) in [5.74, 6) is -0.502. The zero-order chi connectivity index (χ0) is 19.0. The topological polar surface area (TPSA) is 128 Å². The summed E-state index contributed by atoms with van der Waals surface area (Å²) in [6.45, 7) is 2.99. The maximum atomic E-state index is 13.0. The van der Waals surface area contributed by atoms with E-state index in [1.165, 1.54) is 17.0 Å². The Bertz CT molecular complexity index is 994. The van der Waals surface area contributed by atoms with Gasteiger partial charge in [-0.25, -0.2) is 9.97 Å². The van der Waals surface area contributed by atoms with Crippen LogP contribution in [0.25, 0.3) is 17.1 Å². The second-order valence-electron chi connectivity index (χ2n) is 6.62. The number of primary amides is 1. The molecule has 0 saturated carbocycles. The number of hydrogen-bond donors (Lipinski definition) is 3. The Kier molecular flexibility index (Phi) is 4.36. The molecular formula is C18H20N6O3. The molecule has 1 saturated heterocycles. The van der Waals surface area contributed by atoms with E-state index in [2.05, 4.69) is 20.6 Å². The number of nitrogens with two attached hydrogens (primary N) is 1. The first-order valence-electron chi connectivity index (χ1n) is 8.80. The molecule has 1 aliphatic heterocycles. The average molecular weight is 368 g/mol. The molecule has 2 atom stereocenters. The number of aromatic nitrogens is 3. The van der Waals surface area contributed by atoms with Crippen LogP contribution < -0.4 is 16.4 Å². The Morgan fingerprint density at radius 2 is 2.30 bits per heavy atom. The molecule has 0 bridgehead atoms. The normalized spacial score (nSPS) is 19.9. The fourth-order valence-corrected chi connectivity index (χ4v) is 3.35. The molecule has 4 rings (SSSR count). The highest BCUT2D eigenvalue weighted by Gasteiger charge is 2.25. The lowest BCUT2D eigenvalue weighted by atomic mass is 10.00. The molecule has 2 unspecified atom stereocenters. The predicted octanol–water partition coefficient (Wildman–Crippen LogP) is 0.958. The Hall–Kier alpha value is -3.20. The molecule has 9 nitrogen and oxygen atoms in total. The summed E-state index contributed by atoms with van der Waals surface area (Å²) in [6, 6.07) is 5.26. The van der Waals surface area contributed by atoms with Crippen molar-refractivity contribution in [3.63, 3.8) is 0 Å². The molecule has 0 aromatic carbocycles. The quantitative estimate of drug-likeness (QED) is 0.629. The van der Waals surface area contributed by atoms with Gasteiger partial charge in [-0.05, 0) is 44.5 Å². The molecule has 27 heavy (non-hydrogen) atoms. The van der Waals surface area contributed by atoms with Gasteiger partial charge in [0.1, 0.15) is 17.7 Å². The van der Waals surface area contributed by atoms with Crippen LogP contribution in [0.1, 0.15) is 40.7 Å². The van der Waals surface area contributed by atoms with Crippen molar-refractivity contribution in [2.45, 2.75) is 31.8 Å². The van der Waals surface area contributed by atoms with E-state index in [1.807, 2.05) is 6.92 Å². The molecule has 3 aromatic rings. The predicted molar refractivity (Wildman–Crippen MR) is 97.2 cm³/mol. The average Bonchev–Trinajstić information content (AvgIpc) is 3.32. The molecule has 1 fully saturated rings. The molecule has 140 valence electrons. The first-order valence-corrected chi connectivity index (χ1v) is 8.80. The molecular weight excluding hydrogens is 348 g/mol. The Balaban J connectivity index is 1.78. The number of furan rings is 1. The van der Waals surface area contributed by atoms with Crippen LogP contribution in [0, 0.1) is 0 Å². The summed E-state index contributed by atoms with van der Waals surface area (Å²) in [6.07, 6.45) is 4.79. The van der Waals surface area contributed by atoms with Gasteiger partial charge >= 0.3 is 0 Å². The minimum atomic E-state index is -0.710. The third kappa shape index (κ3) is 3.17. The van der Waals surface area contributed by atoms with Crippen LogP contribution in [0.15, 0.2) is 35.2 Å². The monoisotopic (exact) mass is 368 g/mol. The van der Waals surface area contributed by atoms with Crippen molar-refractivity contribution < 1.29 is 14.0 Å². The first kappa shape index (κ1) is 17.2. The number of amides is 2. The minimum Gasteiger partial charge on any atom is -0.463 e. The summed E-state index contributed by atoms with van der Waals surface area (Å²) < 4.78 is 6.87. The summed E-state index contributed by atoms with van der Waals surface area (Å²) in [5, 5.41) is 6.42. The SMILES string of the molecule is CC1NCCCC1NC(=O)c1cc(-c2ccco2)nc2c(C(N)=O)ncn12. The van der Waals surface area contributed by atoms with Gasteiger partial charge in [0.05, 0.1) is 6.26 Å². The fourth-order valence-electron chi connectivity index (χ4n) is 3.35. The van der Waals surface area contributed by atoms with Crippen molar-refractivity contribution in [3.8, 4) is 11.5 Å². The third-order valence-corrected chi connectivity index (χ3v) is 4.82. The molecule has 0 spiro atoms. The lowest BCUT2D eigenvalue weighted by Crippen LogP contribution is -2.52. The maximum Gasteiger partial charge on any atom is 0.271 e. The zero-order valence-corrected chi connectivity index (χ0v) is 14.8. The number of nitrogens with zero attached hydrogens (tertiary/aromatic N) is 3. The van der Waals surface area contributed by atoms with Crippen LogP contribution in [0.3, 0.4) is 0 Å². The number of carbonyl (C=O) groups is 2. The van der Waals surface area contributed by atoms with Crippen LogP contribution in [-0.4, -0.2) is 44.8 Å². The molecule has 9 heteroatoms. The van der Waals surface area contributed by atoms with E-state index in [4.69, 9.17) is 10.2 Å².